The van der Waals surface area contributed by atoms with Crippen LogP contribution in [0.25, 0.3) is 5.82 Å². The molecule has 0 fully saturated rings. The van der Waals surface area contributed by atoms with E-state index in [1.54, 1.807) is 50.6 Å². The minimum Gasteiger partial charge on any atom is -0.279 e. The van der Waals surface area contributed by atoms with E-state index in [0.717, 1.165) is 0 Å². The van der Waals surface area contributed by atoms with Gasteiger partial charge in [-0.3, -0.25) is 4.72 Å². The second-order valence-electron chi connectivity index (χ2n) is 4.02. The van der Waals surface area contributed by atoms with Gasteiger partial charge in [-0.05, 0) is 32.0 Å². The van der Waals surface area contributed by atoms with E-state index in [4.69, 9.17) is 0 Å². The van der Waals surface area contributed by atoms with Gasteiger partial charge in [-0.15, -0.1) is 0 Å². The van der Waals surface area contributed by atoms with Crippen LogP contribution < -0.4 is 4.72 Å². The predicted octanol–water partition coefficient (Wildman–Crippen LogP) is 1.42. The average Bonchev–Trinajstić information content (AvgIpc) is 2.82. The van der Waals surface area contributed by atoms with Crippen LogP contribution in [-0.4, -0.2) is 28.4 Å². The number of sulfonamides is 1. The van der Waals surface area contributed by atoms with Crippen LogP contribution >= 0.6 is 0 Å². The lowest BCUT2D eigenvalue weighted by molar-refractivity contribution is 0.592. The van der Waals surface area contributed by atoms with E-state index in [2.05, 4.69) is 14.8 Å². The fraction of sp³-hybridized carbons (Fsp3) is 0.273. The Labute approximate surface area is 106 Å². The molecule has 0 atom stereocenters. The zero-order chi connectivity index (χ0) is 13.2. The van der Waals surface area contributed by atoms with Gasteiger partial charge in [-0.25, -0.2) is 18.1 Å². The maximum absolute atomic E-state index is 11.9. The number of aromatic nitrogens is 3. The highest BCUT2D eigenvalue weighted by Gasteiger charge is 2.18. The van der Waals surface area contributed by atoms with E-state index in [1.807, 2.05) is 0 Å². The van der Waals surface area contributed by atoms with Gasteiger partial charge in [-0.2, -0.15) is 5.10 Å². The van der Waals surface area contributed by atoms with Gasteiger partial charge >= 0.3 is 0 Å². The molecule has 6 nitrogen and oxygen atoms in total. The zero-order valence-corrected chi connectivity index (χ0v) is 10.9. The zero-order valence-electron chi connectivity index (χ0n) is 10.1. The summed E-state index contributed by atoms with van der Waals surface area (Å²) in [6.45, 7) is 3.23. The molecule has 0 aliphatic heterocycles. The highest BCUT2D eigenvalue weighted by molar-refractivity contribution is 7.93. The summed E-state index contributed by atoms with van der Waals surface area (Å²) in [4.78, 5) is 4.14. The number of pyridine rings is 1. The van der Waals surface area contributed by atoms with Gasteiger partial charge in [0.2, 0.25) is 10.0 Å². The van der Waals surface area contributed by atoms with E-state index in [-0.39, 0.29) is 0 Å². The van der Waals surface area contributed by atoms with Crippen molar-refractivity contribution in [1.29, 1.82) is 0 Å². The molecule has 96 valence electrons. The summed E-state index contributed by atoms with van der Waals surface area (Å²) < 4.78 is 27.7. The summed E-state index contributed by atoms with van der Waals surface area (Å²) in [5.74, 6) is 0.451. The van der Waals surface area contributed by atoms with E-state index in [9.17, 15) is 8.42 Å². The number of hydrogen-bond acceptors (Lipinski definition) is 4. The summed E-state index contributed by atoms with van der Waals surface area (Å²) in [5, 5.41) is 3.53. The molecule has 0 unspecified atom stereocenters. The summed E-state index contributed by atoms with van der Waals surface area (Å²) in [6, 6.07) is 5.07. The molecular formula is C11H14N4O2S. The molecule has 0 saturated carbocycles. The number of nitrogens with one attached hydrogen (secondary N) is 1. The molecule has 0 aromatic carbocycles. The lowest BCUT2D eigenvalue weighted by Crippen LogP contribution is -2.23. The molecule has 0 radical (unpaired) electrons. The fourth-order valence-electron chi connectivity index (χ4n) is 1.32. The van der Waals surface area contributed by atoms with Crippen molar-refractivity contribution in [2.45, 2.75) is 19.1 Å². The standard InChI is InChI=1S/C11H14N4O2S/c1-9(2)18(16,17)14-10-5-3-6-12-11(10)15-8-4-7-13-15/h3-9,14H,1-2H3. The normalized spacial score (nSPS) is 11.7. The van der Waals surface area contributed by atoms with Crippen LogP contribution in [0.3, 0.4) is 0 Å². The molecule has 0 aliphatic rings. The summed E-state index contributed by atoms with van der Waals surface area (Å²) >= 11 is 0. The summed E-state index contributed by atoms with van der Waals surface area (Å²) in [7, 11) is -3.40. The smallest absolute Gasteiger partial charge is 0.235 e. The Morgan fingerprint density at radius 3 is 2.67 bits per heavy atom. The first-order chi connectivity index (χ1) is 8.50. The van der Waals surface area contributed by atoms with Crippen molar-refractivity contribution in [2.24, 2.45) is 0 Å². The molecule has 7 heteroatoms. The lowest BCUT2D eigenvalue weighted by Gasteiger charge is -2.13. The molecule has 18 heavy (non-hydrogen) atoms. The van der Waals surface area contributed by atoms with Crippen molar-refractivity contribution in [3.63, 3.8) is 0 Å². The third kappa shape index (κ3) is 2.51. The average molecular weight is 266 g/mol. The Morgan fingerprint density at radius 2 is 2.06 bits per heavy atom. The first kappa shape index (κ1) is 12.6. The van der Waals surface area contributed by atoms with Crippen molar-refractivity contribution in [1.82, 2.24) is 14.8 Å². The number of nitrogens with zero attached hydrogens (tertiary/aromatic N) is 3. The maximum atomic E-state index is 11.9. The summed E-state index contributed by atoms with van der Waals surface area (Å²) in [5.41, 5.74) is 0.412. The molecule has 2 rings (SSSR count). The highest BCUT2D eigenvalue weighted by Crippen LogP contribution is 2.18. The molecule has 0 amide bonds. The van der Waals surface area contributed by atoms with E-state index in [1.165, 1.54) is 4.68 Å². The van der Waals surface area contributed by atoms with Gasteiger partial charge in [0.25, 0.3) is 0 Å². The van der Waals surface area contributed by atoms with Crippen LogP contribution in [0.15, 0.2) is 36.8 Å². The Morgan fingerprint density at radius 1 is 1.28 bits per heavy atom. The highest BCUT2D eigenvalue weighted by atomic mass is 32.2. The van der Waals surface area contributed by atoms with Crippen LogP contribution in [0, 0.1) is 0 Å². The Bertz CT molecular complexity index is 620. The summed E-state index contributed by atoms with van der Waals surface area (Å²) in [6.07, 6.45) is 4.90. The molecule has 2 heterocycles. The third-order valence-electron chi connectivity index (χ3n) is 2.38. The van der Waals surface area contributed by atoms with Crippen molar-refractivity contribution in [3.8, 4) is 5.82 Å². The maximum Gasteiger partial charge on any atom is 0.235 e. The Kier molecular flexibility index (Phi) is 3.33. The fourth-order valence-corrected chi connectivity index (χ4v) is 2.03. The SMILES string of the molecule is CC(C)S(=O)(=O)Nc1cccnc1-n1cccn1. The third-order valence-corrected chi connectivity index (χ3v) is 4.13. The van der Waals surface area contributed by atoms with Gasteiger partial charge in [0.05, 0.1) is 10.9 Å². The Hall–Kier alpha value is -1.89. The van der Waals surface area contributed by atoms with Crippen molar-refractivity contribution in [3.05, 3.63) is 36.8 Å². The van der Waals surface area contributed by atoms with Crippen molar-refractivity contribution < 1.29 is 8.42 Å². The monoisotopic (exact) mass is 266 g/mol. The second kappa shape index (κ2) is 4.77. The Balaban J connectivity index is 2.41. The van der Waals surface area contributed by atoms with Crippen molar-refractivity contribution >= 4 is 15.7 Å². The van der Waals surface area contributed by atoms with Crippen LogP contribution in [0.1, 0.15) is 13.8 Å². The topological polar surface area (TPSA) is 76.9 Å². The first-order valence-corrected chi connectivity index (χ1v) is 7.02. The van der Waals surface area contributed by atoms with E-state index >= 15 is 0 Å². The molecule has 2 aromatic rings. The van der Waals surface area contributed by atoms with Gasteiger partial charge in [0.1, 0.15) is 0 Å². The molecule has 0 aliphatic carbocycles. The molecular weight excluding hydrogens is 252 g/mol. The largest absolute Gasteiger partial charge is 0.279 e. The molecule has 1 N–H and O–H groups in total. The van der Waals surface area contributed by atoms with Gasteiger partial charge in [0, 0.05) is 18.6 Å². The van der Waals surface area contributed by atoms with Gasteiger partial charge < -0.3 is 0 Å². The van der Waals surface area contributed by atoms with Crippen molar-refractivity contribution in [2.75, 3.05) is 4.72 Å². The molecule has 0 spiro atoms. The van der Waals surface area contributed by atoms with Crippen LogP contribution in [0.5, 0.6) is 0 Å². The minimum absolute atomic E-state index is 0.412. The minimum atomic E-state index is -3.40. The van der Waals surface area contributed by atoms with Gasteiger partial charge in [0.15, 0.2) is 5.82 Å². The second-order valence-corrected chi connectivity index (χ2v) is 6.26. The molecule has 2 aromatic heterocycles. The predicted molar refractivity (Wildman–Crippen MR) is 69.0 cm³/mol. The molecule has 0 bridgehead atoms. The number of hydrogen-bond donors (Lipinski definition) is 1. The van der Waals surface area contributed by atoms with Crippen LogP contribution in [-0.2, 0) is 10.0 Å². The van der Waals surface area contributed by atoms with E-state index in [0.29, 0.717) is 11.5 Å². The quantitative estimate of drug-likeness (QED) is 0.907. The van der Waals surface area contributed by atoms with Crippen LogP contribution in [0.4, 0.5) is 5.69 Å². The lowest BCUT2D eigenvalue weighted by atomic mass is 10.4. The molecule has 0 saturated heterocycles. The first-order valence-electron chi connectivity index (χ1n) is 5.47. The van der Waals surface area contributed by atoms with E-state index < -0.39 is 15.3 Å². The number of anilines is 1. The van der Waals surface area contributed by atoms with Crippen LogP contribution in [0.2, 0.25) is 0 Å². The van der Waals surface area contributed by atoms with Gasteiger partial charge in [-0.1, -0.05) is 0 Å². The number of rotatable bonds is 4.